The van der Waals surface area contributed by atoms with Gasteiger partial charge in [-0.2, -0.15) is 5.17 Å². The number of halogens is 1. The molecule has 3 nitrogen and oxygen atoms in total. The van der Waals surface area contributed by atoms with Gasteiger partial charge >= 0.3 is 0 Å². The van der Waals surface area contributed by atoms with Gasteiger partial charge in [-0.15, -0.1) is 4.48 Å². The van der Waals surface area contributed by atoms with Crippen molar-refractivity contribution in [1.82, 2.24) is 5.65 Å². The summed E-state index contributed by atoms with van der Waals surface area (Å²) in [6.07, 6.45) is 0. The van der Waals surface area contributed by atoms with Crippen LogP contribution in [-0.4, -0.2) is 5.21 Å². The molecule has 0 aliphatic rings. The van der Waals surface area contributed by atoms with Crippen LogP contribution < -0.4 is 10.8 Å². The molecule has 1 aromatic carbocycles. The average molecular weight is 142 g/mol. The van der Waals surface area contributed by atoms with Crippen LogP contribution in [0.3, 0.4) is 0 Å². The molecule has 4 heteroatoms. The molecule has 0 saturated heterocycles. The highest BCUT2D eigenvalue weighted by atomic mass is 19.2. The molecule has 0 radical (unpaired) electrons. The van der Waals surface area contributed by atoms with E-state index in [4.69, 9.17) is 5.21 Å². The third kappa shape index (κ3) is 1.43. The maximum atomic E-state index is 11.5. The van der Waals surface area contributed by atoms with E-state index in [1.807, 2.05) is 0 Å². The third-order valence-corrected chi connectivity index (χ3v) is 1.08. The number of hydrogen-bond acceptors (Lipinski definition) is 3. The van der Waals surface area contributed by atoms with Crippen LogP contribution in [0, 0.1) is 0 Å². The maximum absolute atomic E-state index is 11.5. The van der Waals surface area contributed by atoms with E-state index in [9.17, 15) is 4.48 Å². The zero-order chi connectivity index (χ0) is 7.40. The lowest BCUT2D eigenvalue weighted by Crippen LogP contribution is -2.27. The maximum Gasteiger partial charge on any atom is 0.0847 e. The van der Waals surface area contributed by atoms with Crippen LogP contribution in [0.25, 0.3) is 0 Å². The second kappa shape index (κ2) is 3.14. The SMILES string of the molecule is ON(NF)c1ccccc1. The van der Waals surface area contributed by atoms with Crippen molar-refractivity contribution in [2.45, 2.75) is 0 Å². The first-order valence-corrected chi connectivity index (χ1v) is 2.75. The lowest BCUT2D eigenvalue weighted by molar-refractivity contribution is 0.127. The molecule has 0 unspecified atom stereocenters. The zero-order valence-corrected chi connectivity index (χ0v) is 5.16. The van der Waals surface area contributed by atoms with Crippen molar-refractivity contribution in [3.05, 3.63) is 30.3 Å². The molecule has 0 spiro atoms. The van der Waals surface area contributed by atoms with E-state index in [0.717, 1.165) is 5.65 Å². The Hall–Kier alpha value is -1.13. The first kappa shape index (κ1) is 6.98. The molecule has 1 rings (SSSR count). The number of benzene rings is 1. The number of hydrogen-bond donors (Lipinski definition) is 2. The molecular formula is C6H7FN2O. The number of hydrazine groups is 1. The van der Waals surface area contributed by atoms with Crippen molar-refractivity contribution in [3.8, 4) is 0 Å². The molecule has 1 aromatic rings. The number of anilines is 1. The van der Waals surface area contributed by atoms with Crippen molar-refractivity contribution < 1.29 is 9.69 Å². The topological polar surface area (TPSA) is 35.5 Å². The monoisotopic (exact) mass is 142 g/mol. The van der Waals surface area contributed by atoms with Gasteiger partial charge < -0.3 is 0 Å². The molecule has 0 aliphatic carbocycles. The van der Waals surface area contributed by atoms with Gasteiger partial charge in [-0.05, 0) is 17.8 Å². The van der Waals surface area contributed by atoms with Crippen molar-refractivity contribution >= 4 is 5.69 Å². The van der Waals surface area contributed by atoms with Gasteiger partial charge in [-0.1, -0.05) is 18.2 Å². The van der Waals surface area contributed by atoms with Crippen LogP contribution in [0.5, 0.6) is 0 Å². The first-order valence-electron chi connectivity index (χ1n) is 2.75. The summed E-state index contributed by atoms with van der Waals surface area (Å²) >= 11 is 0. The van der Waals surface area contributed by atoms with E-state index in [0.29, 0.717) is 10.9 Å². The Bertz CT molecular complexity index is 192. The van der Waals surface area contributed by atoms with Crippen LogP contribution in [0.2, 0.25) is 0 Å². The molecule has 0 amide bonds. The van der Waals surface area contributed by atoms with E-state index in [1.54, 1.807) is 30.3 Å². The minimum atomic E-state index is 0.292. The van der Waals surface area contributed by atoms with Gasteiger partial charge in [0, 0.05) is 0 Å². The molecule has 54 valence electrons. The summed E-state index contributed by atoms with van der Waals surface area (Å²) in [7, 11) is 0. The Balaban J connectivity index is 2.75. The largest absolute Gasteiger partial charge is 0.271 e. The van der Waals surface area contributed by atoms with Gasteiger partial charge in [-0.3, -0.25) is 5.21 Å². The molecule has 10 heavy (non-hydrogen) atoms. The second-order valence-corrected chi connectivity index (χ2v) is 1.73. The third-order valence-electron chi connectivity index (χ3n) is 1.08. The van der Waals surface area contributed by atoms with Crippen LogP contribution >= 0.6 is 0 Å². The van der Waals surface area contributed by atoms with Crippen LogP contribution in [-0.2, 0) is 0 Å². The highest BCUT2D eigenvalue weighted by Crippen LogP contribution is 2.07. The van der Waals surface area contributed by atoms with E-state index < -0.39 is 0 Å². The molecule has 0 fully saturated rings. The zero-order valence-electron chi connectivity index (χ0n) is 5.16. The Labute approximate surface area is 57.6 Å². The highest BCUT2D eigenvalue weighted by Gasteiger charge is 1.96. The molecule has 0 saturated carbocycles. The van der Waals surface area contributed by atoms with Gasteiger partial charge in [0.1, 0.15) is 0 Å². The van der Waals surface area contributed by atoms with Gasteiger partial charge in [0.2, 0.25) is 0 Å². The van der Waals surface area contributed by atoms with E-state index in [2.05, 4.69) is 0 Å². The number of para-hydroxylation sites is 1. The van der Waals surface area contributed by atoms with Gasteiger partial charge in [-0.25, -0.2) is 0 Å². The van der Waals surface area contributed by atoms with Crippen LogP contribution in [0.4, 0.5) is 10.2 Å². The average Bonchev–Trinajstić information content (AvgIpc) is 2.05. The normalized spacial score (nSPS) is 9.40. The predicted molar refractivity (Wildman–Crippen MR) is 35.0 cm³/mol. The standard InChI is InChI=1S/C6H7FN2O/c7-8-9(10)6-4-2-1-3-5-6/h1-5,8,10H. The summed E-state index contributed by atoms with van der Waals surface area (Å²) in [6, 6.07) is 8.28. The van der Waals surface area contributed by atoms with E-state index >= 15 is 0 Å². The van der Waals surface area contributed by atoms with Crippen molar-refractivity contribution in [2.75, 3.05) is 5.17 Å². The fourth-order valence-corrected chi connectivity index (χ4v) is 0.618. The lowest BCUT2D eigenvalue weighted by atomic mass is 10.3. The van der Waals surface area contributed by atoms with Gasteiger partial charge in [0.25, 0.3) is 0 Å². The molecule has 0 aromatic heterocycles. The predicted octanol–water partition coefficient (Wildman–Crippen LogP) is 1.27. The minimum Gasteiger partial charge on any atom is -0.271 e. The lowest BCUT2D eigenvalue weighted by Gasteiger charge is -2.10. The highest BCUT2D eigenvalue weighted by molar-refractivity contribution is 5.41. The Kier molecular flexibility index (Phi) is 2.20. The second-order valence-electron chi connectivity index (χ2n) is 1.73. The van der Waals surface area contributed by atoms with E-state index in [-0.39, 0.29) is 0 Å². The number of nitrogens with one attached hydrogen (secondary N) is 1. The summed E-state index contributed by atoms with van der Waals surface area (Å²) in [5.74, 6) is 0. The molecule has 0 heterocycles. The quantitative estimate of drug-likeness (QED) is 0.482. The van der Waals surface area contributed by atoms with E-state index in [1.165, 1.54) is 0 Å². The summed E-state index contributed by atoms with van der Waals surface area (Å²) in [5, 5.41) is 8.97. The van der Waals surface area contributed by atoms with Gasteiger partial charge in [0.05, 0.1) is 5.69 Å². The summed E-state index contributed by atoms with van der Waals surface area (Å²) < 4.78 is 11.5. The van der Waals surface area contributed by atoms with Crippen molar-refractivity contribution in [2.24, 2.45) is 0 Å². The Morgan fingerprint density at radius 2 is 1.90 bits per heavy atom. The Morgan fingerprint density at radius 3 is 2.40 bits per heavy atom. The molecule has 2 N–H and O–H groups in total. The van der Waals surface area contributed by atoms with Gasteiger partial charge in [0.15, 0.2) is 0 Å². The summed E-state index contributed by atoms with van der Waals surface area (Å²) in [6.45, 7) is 0. The minimum absolute atomic E-state index is 0.292. The fourth-order valence-electron chi connectivity index (χ4n) is 0.618. The molecule has 0 bridgehead atoms. The molecule has 0 atom stereocenters. The number of nitrogens with zero attached hydrogens (tertiary/aromatic N) is 1. The number of rotatable bonds is 2. The fraction of sp³-hybridized carbons (Fsp3) is 0. The van der Waals surface area contributed by atoms with Crippen LogP contribution in [0.15, 0.2) is 30.3 Å². The smallest absolute Gasteiger partial charge is 0.0847 e. The van der Waals surface area contributed by atoms with Crippen molar-refractivity contribution in [1.29, 1.82) is 0 Å². The molecular weight excluding hydrogens is 135 g/mol. The first-order chi connectivity index (χ1) is 4.84. The van der Waals surface area contributed by atoms with Crippen molar-refractivity contribution in [3.63, 3.8) is 0 Å². The Morgan fingerprint density at radius 1 is 1.30 bits per heavy atom. The van der Waals surface area contributed by atoms with Crippen LogP contribution in [0.1, 0.15) is 0 Å². The summed E-state index contributed by atoms with van der Waals surface area (Å²) in [5.41, 5.74) is 1.42. The molecule has 0 aliphatic heterocycles. The summed E-state index contributed by atoms with van der Waals surface area (Å²) in [4.78, 5) is 0.